The summed E-state index contributed by atoms with van der Waals surface area (Å²) in [5.41, 5.74) is 2.87. The molecule has 4 rings (SSSR count). The SMILES string of the molecule is CC1NC(n2nc(-c3ccccc3)cc2NC(=O)NCCCc2ccccc2)NC(=O)C1C. The normalized spacial score (nSPS) is 20.2. The third kappa shape index (κ3) is 5.59. The van der Waals surface area contributed by atoms with Gasteiger partial charge in [0.05, 0.1) is 11.6 Å². The van der Waals surface area contributed by atoms with Crippen LogP contribution in [0, 0.1) is 5.92 Å². The number of nitrogens with zero attached hydrogens (tertiary/aromatic N) is 2. The van der Waals surface area contributed by atoms with Gasteiger partial charge in [0, 0.05) is 24.2 Å². The minimum Gasteiger partial charge on any atom is -0.338 e. The second-order valence-electron chi connectivity index (χ2n) is 8.35. The van der Waals surface area contributed by atoms with E-state index in [1.54, 1.807) is 4.68 Å². The van der Waals surface area contributed by atoms with Crippen molar-refractivity contribution in [2.75, 3.05) is 11.9 Å². The molecule has 0 aliphatic carbocycles. The maximum Gasteiger partial charge on any atom is 0.320 e. The third-order valence-electron chi connectivity index (χ3n) is 5.93. The highest BCUT2D eigenvalue weighted by Crippen LogP contribution is 2.25. The standard InChI is InChI=1S/C25H30N6O2/c1-17-18(2)27-24(29-23(17)32)31-22(16-21(30-31)20-13-7-4-8-14-20)28-25(33)26-15-9-12-19-10-5-3-6-11-19/h3-8,10-11,13-14,16-18,24,27H,9,12,15H2,1-2H3,(H,29,32)(H2,26,28,33). The first-order valence-corrected chi connectivity index (χ1v) is 11.3. The molecule has 0 bridgehead atoms. The topological polar surface area (TPSA) is 100 Å². The monoisotopic (exact) mass is 446 g/mol. The predicted molar refractivity (Wildman–Crippen MR) is 128 cm³/mol. The molecule has 0 radical (unpaired) electrons. The van der Waals surface area contributed by atoms with Crippen molar-refractivity contribution < 1.29 is 9.59 Å². The Morgan fingerprint density at radius 3 is 2.45 bits per heavy atom. The van der Waals surface area contributed by atoms with Crippen molar-refractivity contribution in [3.05, 3.63) is 72.3 Å². The van der Waals surface area contributed by atoms with Crippen LogP contribution in [-0.4, -0.2) is 34.3 Å². The molecular weight excluding hydrogens is 416 g/mol. The number of benzene rings is 2. The summed E-state index contributed by atoms with van der Waals surface area (Å²) in [4.78, 5) is 25.0. The molecule has 1 fully saturated rings. The molecule has 1 aliphatic heterocycles. The molecule has 4 N–H and O–H groups in total. The Hall–Kier alpha value is -3.65. The lowest BCUT2D eigenvalue weighted by atomic mass is 10.0. The highest BCUT2D eigenvalue weighted by Gasteiger charge is 2.32. The van der Waals surface area contributed by atoms with E-state index in [2.05, 4.69) is 38.5 Å². The minimum atomic E-state index is -0.561. The van der Waals surface area contributed by atoms with E-state index < -0.39 is 6.29 Å². The second-order valence-corrected chi connectivity index (χ2v) is 8.35. The number of anilines is 1. The molecule has 33 heavy (non-hydrogen) atoms. The maximum atomic E-state index is 12.6. The van der Waals surface area contributed by atoms with E-state index in [1.165, 1.54) is 5.56 Å². The summed E-state index contributed by atoms with van der Waals surface area (Å²) in [5.74, 6) is 0.281. The summed E-state index contributed by atoms with van der Waals surface area (Å²) in [6.45, 7) is 4.39. The molecule has 3 aromatic rings. The first-order chi connectivity index (χ1) is 16.0. The Kier molecular flexibility index (Phi) is 7.04. The highest BCUT2D eigenvalue weighted by atomic mass is 16.2. The second kappa shape index (κ2) is 10.3. The van der Waals surface area contributed by atoms with Crippen LogP contribution in [0.3, 0.4) is 0 Å². The van der Waals surface area contributed by atoms with E-state index in [4.69, 9.17) is 0 Å². The number of rotatable bonds is 7. The van der Waals surface area contributed by atoms with Gasteiger partial charge in [-0.05, 0) is 25.3 Å². The van der Waals surface area contributed by atoms with Crippen LogP contribution in [-0.2, 0) is 11.2 Å². The molecule has 3 amide bonds. The zero-order valence-corrected chi connectivity index (χ0v) is 18.9. The molecular formula is C25H30N6O2. The molecule has 0 spiro atoms. The smallest absolute Gasteiger partial charge is 0.320 e. The summed E-state index contributed by atoms with van der Waals surface area (Å²) in [5, 5.41) is 16.8. The van der Waals surface area contributed by atoms with Gasteiger partial charge in [-0.2, -0.15) is 5.10 Å². The van der Waals surface area contributed by atoms with Crippen molar-refractivity contribution in [1.29, 1.82) is 0 Å². The molecule has 8 heteroatoms. The molecule has 2 aromatic carbocycles. The molecule has 0 saturated carbocycles. The van der Waals surface area contributed by atoms with Crippen LogP contribution >= 0.6 is 0 Å². The van der Waals surface area contributed by atoms with Crippen LogP contribution in [0.25, 0.3) is 11.3 Å². The summed E-state index contributed by atoms with van der Waals surface area (Å²) in [6, 6.07) is 21.4. The zero-order chi connectivity index (χ0) is 23.2. The first kappa shape index (κ1) is 22.5. The Morgan fingerprint density at radius 1 is 1.06 bits per heavy atom. The van der Waals surface area contributed by atoms with Crippen molar-refractivity contribution in [3.8, 4) is 11.3 Å². The number of amides is 3. The van der Waals surface area contributed by atoms with E-state index in [0.29, 0.717) is 18.1 Å². The molecule has 3 atom stereocenters. The fourth-order valence-electron chi connectivity index (χ4n) is 3.79. The summed E-state index contributed by atoms with van der Waals surface area (Å²) in [6.07, 6.45) is 1.17. The van der Waals surface area contributed by atoms with Gasteiger partial charge >= 0.3 is 6.03 Å². The van der Waals surface area contributed by atoms with Crippen LogP contribution < -0.4 is 21.3 Å². The van der Waals surface area contributed by atoms with Gasteiger partial charge in [-0.3, -0.25) is 15.4 Å². The Bertz CT molecular complexity index is 1080. The molecule has 172 valence electrons. The molecule has 1 aliphatic rings. The first-order valence-electron chi connectivity index (χ1n) is 11.3. The van der Waals surface area contributed by atoms with Crippen LogP contribution in [0.5, 0.6) is 0 Å². The van der Waals surface area contributed by atoms with Crippen molar-refractivity contribution >= 4 is 17.8 Å². The fourth-order valence-corrected chi connectivity index (χ4v) is 3.79. The van der Waals surface area contributed by atoms with Gasteiger partial charge in [-0.15, -0.1) is 0 Å². The average Bonchev–Trinajstić information content (AvgIpc) is 3.25. The van der Waals surface area contributed by atoms with Crippen LogP contribution in [0.4, 0.5) is 10.6 Å². The average molecular weight is 447 g/mol. The van der Waals surface area contributed by atoms with Crippen LogP contribution in [0.1, 0.15) is 32.1 Å². The number of urea groups is 1. The van der Waals surface area contributed by atoms with Crippen molar-refractivity contribution in [3.63, 3.8) is 0 Å². The lowest BCUT2D eigenvalue weighted by molar-refractivity contribution is -0.130. The lowest BCUT2D eigenvalue weighted by Crippen LogP contribution is -2.57. The number of carbonyl (C=O) groups excluding carboxylic acids is 2. The largest absolute Gasteiger partial charge is 0.338 e. The van der Waals surface area contributed by atoms with E-state index in [-0.39, 0.29) is 23.9 Å². The molecule has 3 unspecified atom stereocenters. The molecule has 2 heterocycles. The Morgan fingerprint density at radius 2 is 1.76 bits per heavy atom. The van der Waals surface area contributed by atoms with Gasteiger partial charge < -0.3 is 10.6 Å². The quantitative estimate of drug-likeness (QED) is 0.417. The molecule has 1 aromatic heterocycles. The van der Waals surface area contributed by atoms with Gasteiger partial charge in [0.1, 0.15) is 5.82 Å². The summed E-state index contributed by atoms with van der Waals surface area (Å²) >= 11 is 0. The van der Waals surface area contributed by atoms with Gasteiger partial charge in [0.15, 0.2) is 6.29 Å². The van der Waals surface area contributed by atoms with Gasteiger partial charge in [-0.25, -0.2) is 9.48 Å². The number of nitrogens with one attached hydrogen (secondary N) is 4. The third-order valence-corrected chi connectivity index (χ3v) is 5.93. The van der Waals surface area contributed by atoms with Gasteiger partial charge in [-0.1, -0.05) is 67.6 Å². The number of aromatic nitrogens is 2. The summed E-state index contributed by atoms with van der Waals surface area (Å²) < 4.78 is 1.62. The van der Waals surface area contributed by atoms with E-state index in [1.807, 2.05) is 68.4 Å². The van der Waals surface area contributed by atoms with Gasteiger partial charge in [0.2, 0.25) is 5.91 Å². The van der Waals surface area contributed by atoms with Crippen molar-refractivity contribution in [1.82, 2.24) is 25.7 Å². The maximum absolute atomic E-state index is 12.6. The molecule has 8 nitrogen and oxygen atoms in total. The fraction of sp³-hybridized carbons (Fsp3) is 0.320. The van der Waals surface area contributed by atoms with Gasteiger partial charge in [0.25, 0.3) is 0 Å². The number of hydrogen-bond donors (Lipinski definition) is 4. The molecule has 1 saturated heterocycles. The Balaban J connectivity index is 1.45. The lowest BCUT2D eigenvalue weighted by Gasteiger charge is -2.34. The van der Waals surface area contributed by atoms with Crippen molar-refractivity contribution in [2.24, 2.45) is 5.92 Å². The predicted octanol–water partition coefficient (Wildman–Crippen LogP) is 3.50. The summed E-state index contributed by atoms with van der Waals surface area (Å²) in [7, 11) is 0. The van der Waals surface area contributed by atoms with E-state index in [9.17, 15) is 9.59 Å². The van der Waals surface area contributed by atoms with E-state index in [0.717, 1.165) is 18.4 Å². The zero-order valence-electron chi connectivity index (χ0n) is 18.9. The van der Waals surface area contributed by atoms with Crippen LogP contribution in [0.15, 0.2) is 66.7 Å². The minimum absolute atomic E-state index is 0.0345. The van der Waals surface area contributed by atoms with Crippen LogP contribution in [0.2, 0.25) is 0 Å². The number of hydrogen-bond acceptors (Lipinski definition) is 4. The number of aryl methyl sites for hydroxylation is 1. The number of carbonyl (C=O) groups is 2. The van der Waals surface area contributed by atoms with E-state index >= 15 is 0 Å². The highest BCUT2D eigenvalue weighted by molar-refractivity contribution is 5.89. The van der Waals surface area contributed by atoms with Crippen molar-refractivity contribution in [2.45, 2.75) is 39.0 Å². The Labute approximate surface area is 193 Å².